The van der Waals surface area contributed by atoms with Crippen LogP contribution < -0.4 is 0 Å². The van der Waals surface area contributed by atoms with Gasteiger partial charge in [-0.2, -0.15) is 8.42 Å². The Bertz CT molecular complexity index is 329. The molecule has 0 aromatic rings. The van der Waals surface area contributed by atoms with Gasteiger partial charge in [0, 0.05) is 6.61 Å². The molecule has 6 heteroatoms. The second kappa shape index (κ2) is 14.4. The van der Waals surface area contributed by atoms with Crippen LogP contribution >= 0.6 is 0 Å². The molecule has 0 rings (SSSR count). The summed E-state index contributed by atoms with van der Waals surface area (Å²) in [4.78, 5) is 0. The predicted octanol–water partition coefficient (Wildman–Crippen LogP) is 4.87. The molecule has 0 aromatic carbocycles. The maximum absolute atomic E-state index is 11.3. The first kappa shape index (κ1) is 21.8. The van der Waals surface area contributed by atoms with Crippen LogP contribution in [0.15, 0.2) is 0 Å². The molecule has 0 fully saturated rings. The van der Waals surface area contributed by atoms with Crippen molar-refractivity contribution in [2.45, 2.75) is 96.3 Å². The van der Waals surface area contributed by atoms with Gasteiger partial charge in [-0.05, 0) is 12.8 Å². The fourth-order valence-electron chi connectivity index (χ4n) is 2.43. The van der Waals surface area contributed by atoms with Crippen molar-refractivity contribution in [2.24, 2.45) is 0 Å². The van der Waals surface area contributed by atoms with Gasteiger partial charge in [-0.3, -0.25) is 0 Å². The summed E-state index contributed by atoms with van der Waals surface area (Å²) >= 11 is 0. The van der Waals surface area contributed by atoms with E-state index in [1.165, 1.54) is 57.8 Å². The van der Waals surface area contributed by atoms with E-state index in [1.54, 1.807) is 6.92 Å². The third-order valence-electron chi connectivity index (χ3n) is 3.81. The molecule has 0 saturated heterocycles. The van der Waals surface area contributed by atoms with E-state index in [2.05, 4.69) is 11.3 Å². The minimum absolute atomic E-state index is 0.265. The highest BCUT2D eigenvalue weighted by atomic mass is 32.2. The second-order valence-corrected chi connectivity index (χ2v) is 7.47. The lowest BCUT2D eigenvalue weighted by molar-refractivity contribution is -0.136. The van der Waals surface area contributed by atoms with Gasteiger partial charge in [0.2, 0.25) is 0 Å². The predicted molar refractivity (Wildman–Crippen MR) is 89.1 cm³/mol. The topological polar surface area (TPSA) is 72.8 Å². The largest absolute Gasteiger partial charge is 0.360 e. The first-order chi connectivity index (χ1) is 10.6. The summed E-state index contributed by atoms with van der Waals surface area (Å²) in [7, 11) is -3.99. The van der Waals surface area contributed by atoms with Gasteiger partial charge in [0.1, 0.15) is 0 Å². The first-order valence-electron chi connectivity index (χ1n) is 8.77. The summed E-state index contributed by atoms with van der Waals surface area (Å²) in [5.41, 5.74) is -1.07. The van der Waals surface area contributed by atoms with Crippen LogP contribution in [-0.4, -0.2) is 25.7 Å². The molecule has 0 radical (unpaired) electrons. The molecule has 0 heterocycles. The van der Waals surface area contributed by atoms with Crippen molar-refractivity contribution in [3.05, 3.63) is 0 Å². The van der Waals surface area contributed by atoms with Gasteiger partial charge >= 0.3 is 10.1 Å². The Morgan fingerprint density at radius 2 is 1.27 bits per heavy atom. The van der Waals surface area contributed by atoms with Crippen LogP contribution in [0.4, 0.5) is 0 Å². The van der Waals surface area contributed by atoms with E-state index in [-0.39, 0.29) is 6.42 Å². The van der Waals surface area contributed by atoms with Gasteiger partial charge in [0.05, 0.1) is 0 Å². The van der Waals surface area contributed by atoms with E-state index in [4.69, 9.17) is 9.99 Å². The molecule has 0 bridgehead atoms. The summed E-state index contributed by atoms with van der Waals surface area (Å²) < 4.78 is 31.3. The smallest absolute Gasteiger partial charge is 0.320 e. The van der Waals surface area contributed by atoms with Crippen molar-refractivity contribution in [3.8, 4) is 0 Å². The zero-order chi connectivity index (χ0) is 16.7. The van der Waals surface area contributed by atoms with Crippen molar-refractivity contribution in [3.63, 3.8) is 0 Å². The fourth-order valence-corrected chi connectivity index (χ4v) is 3.20. The maximum Gasteiger partial charge on any atom is 0.320 e. The maximum atomic E-state index is 11.3. The number of ether oxygens (including phenoxy) is 1. The minimum atomic E-state index is -3.99. The quantitative estimate of drug-likeness (QED) is 0.247. The Balaban J connectivity index is 3.39. The minimum Gasteiger partial charge on any atom is -0.360 e. The molecule has 1 atom stereocenters. The second-order valence-electron chi connectivity index (χ2n) is 5.81. The Hall–Kier alpha value is -0.170. The summed E-state index contributed by atoms with van der Waals surface area (Å²) in [6.07, 6.45) is 13.9. The standard InChI is InChI=1S/C16H34O5S/c1-3-5-6-7-8-9-10-11-12-13-14-15-20-16(4-2)22(18,19)21-17/h16-17H,3-15H2,1-2H3. The zero-order valence-corrected chi connectivity index (χ0v) is 15.1. The molecular weight excluding hydrogens is 304 g/mol. The summed E-state index contributed by atoms with van der Waals surface area (Å²) in [5, 5.41) is 8.32. The van der Waals surface area contributed by atoms with Crippen molar-refractivity contribution in [2.75, 3.05) is 6.61 Å². The van der Waals surface area contributed by atoms with Crippen LogP contribution in [0, 0.1) is 0 Å². The van der Waals surface area contributed by atoms with Crippen LogP contribution in [-0.2, 0) is 19.2 Å². The molecule has 134 valence electrons. The molecule has 5 nitrogen and oxygen atoms in total. The van der Waals surface area contributed by atoms with Gasteiger partial charge < -0.3 is 4.74 Å². The highest BCUT2D eigenvalue weighted by Crippen LogP contribution is 2.13. The Morgan fingerprint density at radius 3 is 1.68 bits per heavy atom. The van der Waals surface area contributed by atoms with Crippen LogP contribution in [0.1, 0.15) is 90.9 Å². The number of rotatable bonds is 16. The zero-order valence-electron chi connectivity index (χ0n) is 14.3. The fraction of sp³-hybridized carbons (Fsp3) is 1.00. The molecule has 0 aromatic heterocycles. The van der Waals surface area contributed by atoms with Crippen molar-refractivity contribution in [1.82, 2.24) is 0 Å². The Kier molecular flexibility index (Phi) is 14.3. The van der Waals surface area contributed by atoms with E-state index in [0.717, 1.165) is 12.8 Å². The summed E-state index contributed by atoms with van der Waals surface area (Å²) in [5.74, 6) is 0. The van der Waals surface area contributed by atoms with E-state index in [0.29, 0.717) is 6.61 Å². The summed E-state index contributed by atoms with van der Waals surface area (Å²) in [6, 6.07) is 0. The molecule has 22 heavy (non-hydrogen) atoms. The molecule has 1 N–H and O–H groups in total. The number of hydrogen-bond donors (Lipinski definition) is 1. The molecule has 0 amide bonds. The van der Waals surface area contributed by atoms with Gasteiger partial charge in [0.25, 0.3) is 0 Å². The van der Waals surface area contributed by atoms with Gasteiger partial charge in [-0.25, -0.2) is 5.26 Å². The highest BCUT2D eigenvalue weighted by Gasteiger charge is 2.25. The lowest BCUT2D eigenvalue weighted by atomic mass is 10.1. The molecule has 1 unspecified atom stereocenters. The van der Waals surface area contributed by atoms with Crippen LogP contribution in [0.3, 0.4) is 0 Å². The third kappa shape index (κ3) is 11.4. The SMILES string of the molecule is CCCCCCCCCCCCCOC(CC)S(=O)(=O)OO. The first-order valence-corrected chi connectivity index (χ1v) is 10.2. The van der Waals surface area contributed by atoms with E-state index < -0.39 is 15.6 Å². The van der Waals surface area contributed by atoms with E-state index in [1.807, 2.05) is 0 Å². The summed E-state index contributed by atoms with van der Waals surface area (Å²) in [6.45, 7) is 4.30. The molecular formula is C16H34O5S. The van der Waals surface area contributed by atoms with Crippen molar-refractivity contribution >= 4 is 10.1 Å². The van der Waals surface area contributed by atoms with Crippen LogP contribution in [0.2, 0.25) is 0 Å². The normalized spacial score (nSPS) is 13.4. The molecule has 0 aliphatic heterocycles. The van der Waals surface area contributed by atoms with Crippen LogP contribution in [0.25, 0.3) is 0 Å². The Labute approximate surface area is 136 Å². The highest BCUT2D eigenvalue weighted by molar-refractivity contribution is 7.87. The lowest BCUT2D eigenvalue weighted by Gasteiger charge is -2.13. The molecule has 0 spiro atoms. The van der Waals surface area contributed by atoms with Crippen molar-refractivity contribution < 1.29 is 22.7 Å². The lowest BCUT2D eigenvalue weighted by Crippen LogP contribution is -2.25. The monoisotopic (exact) mass is 338 g/mol. The third-order valence-corrected chi connectivity index (χ3v) is 5.13. The van der Waals surface area contributed by atoms with Crippen LogP contribution in [0.5, 0.6) is 0 Å². The van der Waals surface area contributed by atoms with Gasteiger partial charge in [0.15, 0.2) is 5.44 Å². The molecule has 0 saturated carbocycles. The molecule has 0 aliphatic rings. The number of hydrogen-bond acceptors (Lipinski definition) is 5. The molecule has 0 aliphatic carbocycles. The van der Waals surface area contributed by atoms with Gasteiger partial charge in [-0.15, -0.1) is 4.33 Å². The van der Waals surface area contributed by atoms with E-state index in [9.17, 15) is 8.42 Å². The average molecular weight is 339 g/mol. The van der Waals surface area contributed by atoms with Crippen molar-refractivity contribution in [1.29, 1.82) is 0 Å². The van der Waals surface area contributed by atoms with E-state index >= 15 is 0 Å². The number of unbranched alkanes of at least 4 members (excludes halogenated alkanes) is 10. The average Bonchev–Trinajstić information content (AvgIpc) is 2.51. The Morgan fingerprint density at radius 1 is 0.818 bits per heavy atom. The van der Waals surface area contributed by atoms with Gasteiger partial charge in [-0.1, -0.05) is 78.1 Å².